The van der Waals surface area contributed by atoms with E-state index < -0.39 is 15.7 Å². The van der Waals surface area contributed by atoms with Crippen molar-refractivity contribution in [3.8, 4) is 22.8 Å². The van der Waals surface area contributed by atoms with E-state index in [1.165, 1.54) is 6.07 Å². The maximum Gasteiger partial charge on any atom is 0.256 e. The van der Waals surface area contributed by atoms with Gasteiger partial charge in [0.15, 0.2) is 27.0 Å². The second-order valence-electron chi connectivity index (χ2n) is 8.56. The van der Waals surface area contributed by atoms with E-state index in [4.69, 9.17) is 14.5 Å². The lowest BCUT2D eigenvalue weighted by Gasteiger charge is -2.19. The van der Waals surface area contributed by atoms with Gasteiger partial charge in [-0.05, 0) is 50.2 Å². The lowest BCUT2D eigenvalue weighted by molar-refractivity contribution is 0.102. The number of sulfone groups is 1. The SMILES string of the molecule is CC(C)n1ncc2c(C(=O)Nc3ccccc3S(C)(=O)=O)cc(-c3ccc4c(c3)OCCO4)nc21. The molecule has 10 heteroatoms. The first-order valence-corrected chi connectivity index (χ1v) is 13.0. The second kappa shape index (κ2) is 8.70. The molecule has 0 bridgehead atoms. The molecule has 0 atom stereocenters. The minimum absolute atomic E-state index is 0.0115. The summed E-state index contributed by atoms with van der Waals surface area (Å²) in [6.07, 6.45) is 2.71. The van der Waals surface area contributed by atoms with E-state index in [-0.39, 0.29) is 16.6 Å². The zero-order valence-electron chi connectivity index (χ0n) is 19.5. The molecule has 180 valence electrons. The molecule has 0 unspecified atom stereocenters. The molecule has 2 aromatic carbocycles. The highest BCUT2D eigenvalue weighted by atomic mass is 32.2. The normalized spacial score (nSPS) is 13.3. The minimum atomic E-state index is -3.54. The largest absolute Gasteiger partial charge is 0.486 e. The van der Waals surface area contributed by atoms with Gasteiger partial charge in [0.25, 0.3) is 5.91 Å². The number of anilines is 1. The molecular formula is C25H24N4O5S. The quantitative estimate of drug-likeness (QED) is 0.446. The molecule has 4 aromatic rings. The van der Waals surface area contributed by atoms with Gasteiger partial charge in [-0.25, -0.2) is 18.1 Å². The summed E-state index contributed by atoms with van der Waals surface area (Å²) in [4.78, 5) is 18.3. The van der Waals surface area contributed by atoms with Crippen LogP contribution in [0.4, 0.5) is 5.69 Å². The summed E-state index contributed by atoms with van der Waals surface area (Å²) in [5.41, 5.74) is 2.39. The van der Waals surface area contributed by atoms with Crippen LogP contribution in [0.25, 0.3) is 22.3 Å². The van der Waals surface area contributed by atoms with Crippen molar-refractivity contribution in [1.29, 1.82) is 0 Å². The second-order valence-corrected chi connectivity index (χ2v) is 10.5. The highest BCUT2D eigenvalue weighted by molar-refractivity contribution is 7.90. The number of rotatable bonds is 5. The number of amides is 1. The fourth-order valence-electron chi connectivity index (χ4n) is 4.02. The van der Waals surface area contributed by atoms with Gasteiger partial charge in [0.1, 0.15) is 13.2 Å². The lowest BCUT2D eigenvalue weighted by Crippen LogP contribution is -2.16. The number of nitrogens with one attached hydrogen (secondary N) is 1. The fraction of sp³-hybridized carbons (Fsp3) is 0.240. The number of pyridine rings is 1. The molecule has 0 saturated heterocycles. The number of ether oxygens (including phenoxy) is 2. The van der Waals surface area contributed by atoms with E-state index in [9.17, 15) is 13.2 Å². The van der Waals surface area contributed by atoms with Crippen molar-refractivity contribution < 1.29 is 22.7 Å². The number of para-hydroxylation sites is 1. The maximum atomic E-state index is 13.5. The van der Waals surface area contributed by atoms with Crippen LogP contribution >= 0.6 is 0 Å². The molecule has 9 nitrogen and oxygen atoms in total. The standard InChI is InChI=1S/C25H24N4O5S/c1-15(2)29-24-18(14-26-29)17(25(30)28-19-6-4-5-7-23(19)35(3,31)32)13-20(27-24)16-8-9-21-22(12-16)34-11-10-33-21/h4-9,12-15H,10-11H2,1-3H3,(H,28,30). The first kappa shape index (κ1) is 22.9. The van der Waals surface area contributed by atoms with E-state index in [0.29, 0.717) is 47.0 Å². The fourth-order valence-corrected chi connectivity index (χ4v) is 4.86. The predicted molar refractivity (Wildman–Crippen MR) is 132 cm³/mol. The van der Waals surface area contributed by atoms with Crippen LogP contribution in [0.1, 0.15) is 30.2 Å². The molecule has 1 amide bonds. The zero-order valence-corrected chi connectivity index (χ0v) is 20.3. The third-order valence-electron chi connectivity index (χ3n) is 5.67. The van der Waals surface area contributed by atoms with Crippen LogP contribution in [0, 0.1) is 0 Å². The summed E-state index contributed by atoms with van der Waals surface area (Å²) in [5.74, 6) is 0.806. The van der Waals surface area contributed by atoms with Crippen LogP contribution in [0.15, 0.2) is 59.6 Å². The van der Waals surface area contributed by atoms with Crippen molar-refractivity contribution in [2.75, 3.05) is 24.8 Å². The van der Waals surface area contributed by atoms with Crippen molar-refractivity contribution in [1.82, 2.24) is 14.8 Å². The van der Waals surface area contributed by atoms with Crippen molar-refractivity contribution in [2.24, 2.45) is 0 Å². The molecule has 0 spiro atoms. The van der Waals surface area contributed by atoms with E-state index in [1.54, 1.807) is 35.1 Å². The Hall–Kier alpha value is -3.92. The van der Waals surface area contributed by atoms with Gasteiger partial charge in [-0.1, -0.05) is 12.1 Å². The Morgan fingerprint density at radius 3 is 2.54 bits per heavy atom. The number of hydrogen-bond donors (Lipinski definition) is 1. The predicted octanol–water partition coefficient (Wildman–Crippen LogP) is 4.11. The average Bonchev–Trinajstić information content (AvgIpc) is 3.27. The molecule has 0 aliphatic carbocycles. The maximum absolute atomic E-state index is 13.5. The van der Waals surface area contributed by atoms with Gasteiger partial charge >= 0.3 is 0 Å². The lowest BCUT2D eigenvalue weighted by atomic mass is 10.1. The smallest absolute Gasteiger partial charge is 0.256 e. The Bertz CT molecular complexity index is 1560. The van der Waals surface area contributed by atoms with Gasteiger partial charge in [0, 0.05) is 17.9 Å². The van der Waals surface area contributed by atoms with Gasteiger partial charge in [-0.15, -0.1) is 0 Å². The molecule has 1 aliphatic rings. The van der Waals surface area contributed by atoms with Crippen LogP contribution in [0.2, 0.25) is 0 Å². The summed E-state index contributed by atoms with van der Waals surface area (Å²) in [6, 6.07) is 13.5. The van der Waals surface area contributed by atoms with Gasteiger partial charge < -0.3 is 14.8 Å². The van der Waals surface area contributed by atoms with Crippen molar-refractivity contribution in [2.45, 2.75) is 24.8 Å². The van der Waals surface area contributed by atoms with E-state index in [2.05, 4.69) is 10.4 Å². The van der Waals surface area contributed by atoms with Crippen LogP contribution < -0.4 is 14.8 Å². The van der Waals surface area contributed by atoms with Gasteiger partial charge in [-0.3, -0.25) is 4.79 Å². The molecule has 0 fully saturated rings. The molecule has 5 rings (SSSR count). The van der Waals surface area contributed by atoms with Crippen LogP contribution in [-0.4, -0.2) is 48.6 Å². The third kappa shape index (κ3) is 4.32. The highest BCUT2D eigenvalue weighted by Gasteiger charge is 2.22. The Morgan fingerprint density at radius 1 is 1.06 bits per heavy atom. The Kier molecular flexibility index (Phi) is 5.68. The number of fused-ring (bicyclic) bond motifs is 2. The average molecular weight is 493 g/mol. The van der Waals surface area contributed by atoms with E-state index >= 15 is 0 Å². The first-order chi connectivity index (χ1) is 16.7. The van der Waals surface area contributed by atoms with Gasteiger partial charge in [0.2, 0.25) is 0 Å². The monoisotopic (exact) mass is 492 g/mol. The number of carbonyl (C=O) groups is 1. The summed E-state index contributed by atoms with van der Waals surface area (Å²) in [5, 5.41) is 7.77. The molecule has 2 aromatic heterocycles. The molecule has 1 N–H and O–H groups in total. The highest BCUT2D eigenvalue weighted by Crippen LogP contribution is 2.35. The van der Waals surface area contributed by atoms with Crippen LogP contribution in [0.5, 0.6) is 11.5 Å². The van der Waals surface area contributed by atoms with Crippen molar-refractivity contribution >= 4 is 32.5 Å². The third-order valence-corrected chi connectivity index (χ3v) is 6.83. The van der Waals surface area contributed by atoms with Crippen LogP contribution in [0.3, 0.4) is 0 Å². The summed E-state index contributed by atoms with van der Waals surface area (Å²) >= 11 is 0. The van der Waals surface area contributed by atoms with E-state index in [1.807, 2.05) is 32.0 Å². The summed E-state index contributed by atoms with van der Waals surface area (Å²) in [7, 11) is -3.54. The number of benzene rings is 2. The molecule has 0 saturated carbocycles. The van der Waals surface area contributed by atoms with Crippen molar-refractivity contribution in [3.05, 3.63) is 60.3 Å². The van der Waals surface area contributed by atoms with Crippen molar-refractivity contribution in [3.63, 3.8) is 0 Å². The summed E-state index contributed by atoms with van der Waals surface area (Å²) in [6.45, 7) is 4.90. The number of aromatic nitrogens is 3. The Labute approximate surface area is 202 Å². The summed E-state index contributed by atoms with van der Waals surface area (Å²) < 4.78 is 37.5. The molecule has 1 aliphatic heterocycles. The minimum Gasteiger partial charge on any atom is -0.486 e. The Balaban J connectivity index is 1.64. The molecular weight excluding hydrogens is 468 g/mol. The van der Waals surface area contributed by atoms with Crippen LogP contribution in [-0.2, 0) is 9.84 Å². The van der Waals surface area contributed by atoms with Gasteiger partial charge in [0.05, 0.1) is 33.4 Å². The molecule has 3 heterocycles. The number of nitrogens with zero attached hydrogens (tertiary/aromatic N) is 3. The zero-order chi connectivity index (χ0) is 24.7. The number of carbonyl (C=O) groups excluding carboxylic acids is 1. The number of hydrogen-bond acceptors (Lipinski definition) is 7. The molecule has 0 radical (unpaired) electrons. The van der Waals surface area contributed by atoms with E-state index in [0.717, 1.165) is 11.8 Å². The Morgan fingerprint density at radius 2 is 1.80 bits per heavy atom. The molecule has 35 heavy (non-hydrogen) atoms. The first-order valence-electron chi connectivity index (χ1n) is 11.1. The topological polar surface area (TPSA) is 112 Å². The van der Waals surface area contributed by atoms with Gasteiger partial charge in [-0.2, -0.15) is 5.10 Å².